The van der Waals surface area contributed by atoms with Gasteiger partial charge in [-0.05, 0) is 19.1 Å². The summed E-state index contributed by atoms with van der Waals surface area (Å²) in [6, 6.07) is 3.70. The fourth-order valence-corrected chi connectivity index (χ4v) is 1.39. The molecule has 0 fully saturated rings. The lowest BCUT2D eigenvalue weighted by Gasteiger charge is -2.07. The first kappa shape index (κ1) is 12.0. The van der Waals surface area contributed by atoms with Gasteiger partial charge in [-0.25, -0.2) is 4.98 Å². The zero-order valence-electron chi connectivity index (χ0n) is 10.1. The quantitative estimate of drug-likeness (QED) is 0.858. The Morgan fingerprint density at radius 3 is 2.83 bits per heavy atom. The van der Waals surface area contributed by atoms with Crippen LogP contribution in [0.3, 0.4) is 0 Å². The predicted octanol–water partition coefficient (Wildman–Crippen LogP) is 0.923. The molecule has 0 atom stereocenters. The molecule has 0 saturated heterocycles. The molecule has 0 radical (unpaired) electrons. The monoisotopic (exact) mass is 247 g/mol. The first-order chi connectivity index (χ1) is 8.74. The summed E-state index contributed by atoms with van der Waals surface area (Å²) in [7, 11) is 1.55. The van der Waals surface area contributed by atoms with Crippen LogP contribution in [-0.2, 0) is 0 Å². The minimum atomic E-state index is 0.0798. The maximum absolute atomic E-state index is 5.61. The first-order valence-electron chi connectivity index (χ1n) is 5.38. The van der Waals surface area contributed by atoms with Gasteiger partial charge in [0, 0.05) is 6.20 Å². The van der Waals surface area contributed by atoms with E-state index in [9.17, 15) is 0 Å². The van der Waals surface area contributed by atoms with E-state index in [1.54, 1.807) is 25.4 Å². The number of aromatic nitrogens is 4. The van der Waals surface area contributed by atoms with Crippen molar-refractivity contribution in [2.45, 2.75) is 6.92 Å². The van der Waals surface area contributed by atoms with E-state index < -0.39 is 0 Å². The molecule has 2 rings (SSSR count). The third-order valence-electron chi connectivity index (χ3n) is 2.11. The summed E-state index contributed by atoms with van der Waals surface area (Å²) in [5.41, 5.74) is 6.10. The number of nitrogen functional groups attached to an aromatic ring is 1. The number of methoxy groups -OCH3 is 1. The Hall–Kier alpha value is -2.44. The highest BCUT2D eigenvalue weighted by atomic mass is 16.5. The first-order valence-corrected chi connectivity index (χ1v) is 5.38. The SMILES string of the molecule is CCOc1nc(N)nc(-c2ncccc2OC)n1. The number of hydrogen-bond acceptors (Lipinski definition) is 7. The summed E-state index contributed by atoms with van der Waals surface area (Å²) in [5.74, 6) is 0.963. The van der Waals surface area contributed by atoms with Crippen LogP contribution in [0.1, 0.15) is 6.92 Å². The normalized spacial score (nSPS) is 10.1. The van der Waals surface area contributed by atoms with Crippen LogP contribution in [0.25, 0.3) is 11.5 Å². The fourth-order valence-electron chi connectivity index (χ4n) is 1.39. The van der Waals surface area contributed by atoms with Gasteiger partial charge in [0.2, 0.25) is 5.95 Å². The van der Waals surface area contributed by atoms with Crippen molar-refractivity contribution < 1.29 is 9.47 Å². The number of nitrogens with two attached hydrogens (primary N) is 1. The molecule has 0 aromatic carbocycles. The number of rotatable bonds is 4. The zero-order valence-corrected chi connectivity index (χ0v) is 10.1. The standard InChI is InChI=1S/C11H13N5O2/c1-3-18-11-15-9(14-10(12)16-11)8-7(17-2)5-4-6-13-8/h4-6H,3H2,1-2H3,(H2,12,14,15,16). The number of ether oxygens (including phenoxy) is 2. The summed E-state index contributed by atoms with van der Waals surface area (Å²) in [6.45, 7) is 2.28. The fraction of sp³-hybridized carbons (Fsp3) is 0.273. The molecule has 0 unspecified atom stereocenters. The predicted molar refractivity (Wildman–Crippen MR) is 65.2 cm³/mol. The van der Waals surface area contributed by atoms with Crippen molar-refractivity contribution in [2.24, 2.45) is 0 Å². The summed E-state index contributed by atoms with van der Waals surface area (Å²) in [4.78, 5) is 16.2. The Labute approximate surface area is 104 Å². The Morgan fingerprint density at radius 1 is 1.28 bits per heavy atom. The molecular formula is C11H13N5O2. The summed E-state index contributed by atoms with van der Waals surface area (Å²) >= 11 is 0. The van der Waals surface area contributed by atoms with E-state index in [1.807, 2.05) is 6.92 Å². The van der Waals surface area contributed by atoms with Crippen molar-refractivity contribution in [3.8, 4) is 23.3 Å². The largest absolute Gasteiger partial charge is 0.494 e. The van der Waals surface area contributed by atoms with Crippen LogP contribution in [0.15, 0.2) is 18.3 Å². The van der Waals surface area contributed by atoms with Gasteiger partial charge in [0.25, 0.3) is 0 Å². The molecule has 2 N–H and O–H groups in total. The second-order valence-electron chi connectivity index (χ2n) is 3.29. The topological polar surface area (TPSA) is 96.0 Å². The molecule has 0 saturated carbocycles. The van der Waals surface area contributed by atoms with Gasteiger partial charge < -0.3 is 15.2 Å². The third kappa shape index (κ3) is 2.45. The maximum atomic E-state index is 5.61. The van der Waals surface area contributed by atoms with Crippen molar-refractivity contribution in [3.63, 3.8) is 0 Å². The second-order valence-corrected chi connectivity index (χ2v) is 3.29. The van der Waals surface area contributed by atoms with Gasteiger partial charge in [0.05, 0.1) is 13.7 Å². The third-order valence-corrected chi connectivity index (χ3v) is 2.11. The summed E-state index contributed by atoms with van der Waals surface area (Å²) in [6.07, 6.45) is 1.62. The van der Waals surface area contributed by atoms with Crippen molar-refractivity contribution in [3.05, 3.63) is 18.3 Å². The highest BCUT2D eigenvalue weighted by Gasteiger charge is 2.13. The molecule has 0 aliphatic carbocycles. The lowest BCUT2D eigenvalue weighted by Crippen LogP contribution is -2.05. The average Bonchev–Trinajstić information content (AvgIpc) is 2.38. The Bertz CT molecular complexity index is 547. The highest BCUT2D eigenvalue weighted by Crippen LogP contribution is 2.25. The molecule has 0 amide bonds. The molecule has 0 aliphatic heterocycles. The molecule has 7 nitrogen and oxygen atoms in total. The number of hydrogen-bond donors (Lipinski definition) is 1. The lowest BCUT2D eigenvalue weighted by molar-refractivity contribution is 0.312. The summed E-state index contributed by atoms with van der Waals surface area (Å²) in [5, 5.41) is 0. The minimum absolute atomic E-state index is 0.0798. The molecule has 94 valence electrons. The van der Waals surface area contributed by atoms with E-state index in [2.05, 4.69) is 19.9 Å². The summed E-state index contributed by atoms with van der Waals surface area (Å²) < 4.78 is 10.4. The molecule has 2 aromatic rings. The van der Waals surface area contributed by atoms with Crippen molar-refractivity contribution >= 4 is 5.95 Å². The van der Waals surface area contributed by atoms with Gasteiger partial charge in [-0.1, -0.05) is 0 Å². The van der Waals surface area contributed by atoms with Crippen molar-refractivity contribution in [1.29, 1.82) is 0 Å². The van der Waals surface area contributed by atoms with Crippen LogP contribution >= 0.6 is 0 Å². The van der Waals surface area contributed by atoms with Crippen molar-refractivity contribution in [1.82, 2.24) is 19.9 Å². The van der Waals surface area contributed by atoms with Crippen LogP contribution in [0.5, 0.6) is 11.8 Å². The van der Waals surface area contributed by atoms with E-state index in [0.717, 1.165) is 0 Å². The zero-order chi connectivity index (χ0) is 13.0. The van der Waals surface area contributed by atoms with Crippen LogP contribution in [0.2, 0.25) is 0 Å². The lowest BCUT2D eigenvalue weighted by atomic mass is 10.3. The highest BCUT2D eigenvalue weighted by molar-refractivity contribution is 5.59. The Morgan fingerprint density at radius 2 is 2.11 bits per heavy atom. The van der Waals surface area contributed by atoms with Gasteiger partial charge in [0.15, 0.2) is 5.82 Å². The van der Waals surface area contributed by atoms with E-state index in [1.165, 1.54) is 0 Å². The Kier molecular flexibility index (Phi) is 3.52. The van der Waals surface area contributed by atoms with Crippen molar-refractivity contribution in [2.75, 3.05) is 19.5 Å². The molecular weight excluding hydrogens is 234 g/mol. The van der Waals surface area contributed by atoms with Crippen LogP contribution < -0.4 is 15.2 Å². The van der Waals surface area contributed by atoms with Gasteiger partial charge in [-0.2, -0.15) is 15.0 Å². The molecule has 0 bridgehead atoms. The number of pyridine rings is 1. The van der Waals surface area contributed by atoms with E-state index >= 15 is 0 Å². The molecule has 2 heterocycles. The van der Waals surface area contributed by atoms with Gasteiger partial charge in [0.1, 0.15) is 11.4 Å². The molecule has 18 heavy (non-hydrogen) atoms. The molecule has 0 spiro atoms. The van der Waals surface area contributed by atoms with Gasteiger partial charge in [-0.3, -0.25) is 0 Å². The Balaban J connectivity index is 2.49. The van der Waals surface area contributed by atoms with Crippen LogP contribution in [0.4, 0.5) is 5.95 Å². The average molecular weight is 247 g/mol. The van der Waals surface area contributed by atoms with Gasteiger partial charge >= 0.3 is 6.01 Å². The molecule has 0 aliphatic rings. The van der Waals surface area contributed by atoms with E-state index in [-0.39, 0.29) is 12.0 Å². The maximum Gasteiger partial charge on any atom is 0.321 e. The van der Waals surface area contributed by atoms with E-state index in [4.69, 9.17) is 15.2 Å². The second kappa shape index (κ2) is 5.26. The van der Waals surface area contributed by atoms with Crippen LogP contribution in [-0.4, -0.2) is 33.7 Å². The number of nitrogens with zero attached hydrogens (tertiary/aromatic N) is 4. The smallest absolute Gasteiger partial charge is 0.321 e. The van der Waals surface area contributed by atoms with Gasteiger partial charge in [-0.15, -0.1) is 0 Å². The number of anilines is 1. The molecule has 7 heteroatoms. The van der Waals surface area contributed by atoms with Crippen LogP contribution in [0, 0.1) is 0 Å². The van der Waals surface area contributed by atoms with E-state index in [0.29, 0.717) is 23.9 Å². The minimum Gasteiger partial charge on any atom is -0.494 e. The molecule has 2 aromatic heterocycles.